The molecule has 4 rings (SSSR count). The highest BCUT2D eigenvalue weighted by molar-refractivity contribution is 5.58. The Morgan fingerprint density at radius 1 is 0.889 bits per heavy atom. The van der Waals surface area contributed by atoms with Crippen LogP contribution in [0, 0.1) is 0 Å². The SMILES string of the molecule is c1ccc2c(c1)Oc1ccccc1C21CCNC1. The minimum atomic E-state index is 0.103. The second-order valence-electron chi connectivity index (χ2n) is 5.10. The van der Waals surface area contributed by atoms with Crippen molar-refractivity contribution in [1.82, 2.24) is 5.32 Å². The average molecular weight is 237 g/mol. The Morgan fingerprint density at radius 2 is 1.50 bits per heavy atom. The van der Waals surface area contributed by atoms with Gasteiger partial charge < -0.3 is 10.1 Å². The van der Waals surface area contributed by atoms with Gasteiger partial charge >= 0.3 is 0 Å². The number of rotatable bonds is 0. The van der Waals surface area contributed by atoms with Gasteiger partial charge in [-0.3, -0.25) is 0 Å². The first-order chi connectivity index (χ1) is 8.90. The van der Waals surface area contributed by atoms with Crippen LogP contribution in [0.15, 0.2) is 48.5 Å². The molecular weight excluding hydrogens is 222 g/mol. The van der Waals surface area contributed by atoms with E-state index in [9.17, 15) is 0 Å². The summed E-state index contributed by atoms with van der Waals surface area (Å²) in [5.41, 5.74) is 2.76. The van der Waals surface area contributed by atoms with Crippen molar-refractivity contribution in [3.63, 3.8) is 0 Å². The summed E-state index contributed by atoms with van der Waals surface area (Å²) in [7, 11) is 0. The normalized spacial score (nSPS) is 19.1. The Hall–Kier alpha value is -1.80. The zero-order valence-corrected chi connectivity index (χ0v) is 10.1. The summed E-state index contributed by atoms with van der Waals surface area (Å²) in [5, 5.41) is 3.51. The summed E-state index contributed by atoms with van der Waals surface area (Å²) in [6.07, 6.45) is 1.14. The van der Waals surface area contributed by atoms with E-state index in [2.05, 4.69) is 41.7 Å². The molecule has 2 aliphatic heterocycles. The van der Waals surface area contributed by atoms with Crippen LogP contribution in [0.5, 0.6) is 11.5 Å². The first-order valence-electron chi connectivity index (χ1n) is 6.48. The zero-order valence-electron chi connectivity index (χ0n) is 10.1. The van der Waals surface area contributed by atoms with Crippen LogP contribution in [-0.4, -0.2) is 13.1 Å². The van der Waals surface area contributed by atoms with Crippen molar-refractivity contribution in [1.29, 1.82) is 0 Å². The minimum Gasteiger partial charge on any atom is -0.457 e. The predicted octanol–water partition coefficient (Wildman–Crippen LogP) is 3.07. The van der Waals surface area contributed by atoms with Crippen molar-refractivity contribution in [2.75, 3.05) is 13.1 Å². The maximum Gasteiger partial charge on any atom is 0.131 e. The molecule has 1 spiro atoms. The van der Waals surface area contributed by atoms with E-state index in [1.54, 1.807) is 0 Å². The van der Waals surface area contributed by atoms with Gasteiger partial charge in [-0.2, -0.15) is 0 Å². The predicted molar refractivity (Wildman–Crippen MR) is 71.2 cm³/mol. The molecule has 0 atom stereocenters. The monoisotopic (exact) mass is 237 g/mol. The smallest absolute Gasteiger partial charge is 0.131 e. The van der Waals surface area contributed by atoms with Gasteiger partial charge in [0.05, 0.1) is 0 Å². The maximum absolute atomic E-state index is 6.04. The number of fused-ring (bicyclic) bond motifs is 4. The number of ether oxygens (including phenoxy) is 1. The summed E-state index contributed by atoms with van der Waals surface area (Å²) in [4.78, 5) is 0. The number of benzene rings is 2. The van der Waals surface area contributed by atoms with Crippen molar-refractivity contribution in [3.8, 4) is 11.5 Å². The molecule has 0 amide bonds. The van der Waals surface area contributed by atoms with Gasteiger partial charge in [-0.25, -0.2) is 0 Å². The van der Waals surface area contributed by atoms with Crippen molar-refractivity contribution in [2.24, 2.45) is 0 Å². The summed E-state index contributed by atoms with van der Waals surface area (Å²) in [5.74, 6) is 2.03. The van der Waals surface area contributed by atoms with Crippen LogP contribution in [0.4, 0.5) is 0 Å². The molecule has 18 heavy (non-hydrogen) atoms. The molecule has 1 saturated heterocycles. The van der Waals surface area contributed by atoms with E-state index in [1.807, 2.05) is 12.1 Å². The molecule has 2 heteroatoms. The van der Waals surface area contributed by atoms with Crippen LogP contribution >= 0.6 is 0 Å². The number of nitrogens with one attached hydrogen (secondary N) is 1. The maximum atomic E-state index is 6.04. The third kappa shape index (κ3) is 1.21. The van der Waals surface area contributed by atoms with E-state index in [-0.39, 0.29) is 5.41 Å². The van der Waals surface area contributed by atoms with Crippen molar-refractivity contribution in [3.05, 3.63) is 59.7 Å². The first kappa shape index (κ1) is 10.2. The highest BCUT2D eigenvalue weighted by atomic mass is 16.5. The summed E-state index contributed by atoms with van der Waals surface area (Å²) in [6.45, 7) is 2.08. The highest BCUT2D eigenvalue weighted by Crippen LogP contribution is 2.50. The molecule has 90 valence electrons. The highest BCUT2D eigenvalue weighted by Gasteiger charge is 2.43. The van der Waals surface area contributed by atoms with Gasteiger partial charge in [0.15, 0.2) is 0 Å². The fourth-order valence-corrected chi connectivity index (χ4v) is 3.32. The van der Waals surface area contributed by atoms with E-state index in [4.69, 9.17) is 4.74 Å². The second kappa shape index (κ2) is 3.59. The van der Waals surface area contributed by atoms with Crippen molar-refractivity contribution >= 4 is 0 Å². The Bertz CT molecular complexity index is 552. The quantitative estimate of drug-likeness (QED) is 0.760. The Balaban J connectivity index is 2.01. The number of hydrogen-bond acceptors (Lipinski definition) is 2. The summed E-state index contributed by atoms with van der Waals surface area (Å²) < 4.78 is 6.04. The molecule has 0 radical (unpaired) electrons. The van der Waals surface area contributed by atoms with Crippen LogP contribution in [-0.2, 0) is 5.41 Å². The standard InChI is InChI=1S/C16H15NO/c1-3-7-14-12(5-1)16(9-10-17-11-16)13-6-2-4-8-15(13)18-14/h1-8,17H,9-11H2. The van der Waals surface area contributed by atoms with E-state index in [1.165, 1.54) is 11.1 Å². The molecule has 0 aromatic heterocycles. The van der Waals surface area contributed by atoms with Crippen LogP contribution in [0.3, 0.4) is 0 Å². The lowest BCUT2D eigenvalue weighted by Crippen LogP contribution is -2.33. The van der Waals surface area contributed by atoms with Gasteiger partial charge in [-0.1, -0.05) is 36.4 Å². The van der Waals surface area contributed by atoms with Gasteiger partial charge in [0.2, 0.25) is 0 Å². The summed E-state index contributed by atoms with van der Waals surface area (Å²) >= 11 is 0. The summed E-state index contributed by atoms with van der Waals surface area (Å²) in [6, 6.07) is 16.9. The molecule has 0 bridgehead atoms. The molecule has 1 N–H and O–H groups in total. The van der Waals surface area contributed by atoms with Crippen LogP contribution in [0.1, 0.15) is 17.5 Å². The van der Waals surface area contributed by atoms with Crippen molar-refractivity contribution in [2.45, 2.75) is 11.8 Å². The second-order valence-corrected chi connectivity index (χ2v) is 5.10. The van der Waals surface area contributed by atoms with Crippen LogP contribution < -0.4 is 10.1 Å². The average Bonchev–Trinajstić information content (AvgIpc) is 2.90. The Labute approximate surface area is 107 Å². The van der Waals surface area contributed by atoms with Crippen molar-refractivity contribution < 1.29 is 4.74 Å². The van der Waals surface area contributed by atoms with E-state index < -0.39 is 0 Å². The van der Waals surface area contributed by atoms with Gasteiger partial charge in [0, 0.05) is 23.1 Å². The lowest BCUT2D eigenvalue weighted by Gasteiger charge is -2.36. The fraction of sp³-hybridized carbons (Fsp3) is 0.250. The largest absolute Gasteiger partial charge is 0.457 e. The molecule has 2 nitrogen and oxygen atoms in total. The third-order valence-corrected chi connectivity index (χ3v) is 4.18. The lowest BCUT2D eigenvalue weighted by atomic mass is 9.72. The molecule has 2 aliphatic rings. The van der Waals surface area contributed by atoms with Gasteiger partial charge in [-0.15, -0.1) is 0 Å². The van der Waals surface area contributed by atoms with E-state index in [0.717, 1.165) is 31.0 Å². The molecule has 2 heterocycles. The lowest BCUT2D eigenvalue weighted by molar-refractivity contribution is 0.404. The van der Waals surface area contributed by atoms with Gasteiger partial charge in [0.25, 0.3) is 0 Å². The van der Waals surface area contributed by atoms with Gasteiger partial charge in [0.1, 0.15) is 11.5 Å². The van der Waals surface area contributed by atoms with Crippen LogP contribution in [0.25, 0.3) is 0 Å². The van der Waals surface area contributed by atoms with E-state index in [0.29, 0.717) is 0 Å². The Kier molecular flexibility index (Phi) is 2.03. The minimum absolute atomic E-state index is 0.103. The van der Waals surface area contributed by atoms with Crippen LogP contribution in [0.2, 0.25) is 0 Å². The topological polar surface area (TPSA) is 21.3 Å². The molecule has 2 aromatic rings. The third-order valence-electron chi connectivity index (χ3n) is 4.18. The molecular formula is C16H15NO. The fourth-order valence-electron chi connectivity index (χ4n) is 3.32. The zero-order chi connectivity index (χ0) is 12.0. The molecule has 0 aliphatic carbocycles. The van der Waals surface area contributed by atoms with Gasteiger partial charge in [-0.05, 0) is 25.1 Å². The molecule has 0 saturated carbocycles. The Morgan fingerprint density at radius 3 is 2.06 bits per heavy atom. The number of para-hydroxylation sites is 2. The molecule has 1 fully saturated rings. The molecule has 0 unspecified atom stereocenters. The van der Waals surface area contributed by atoms with E-state index >= 15 is 0 Å². The number of hydrogen-bond donors (Lipinski definition) is 1. The first-order valence-corrected chi connectivity index (χ1v) is 6.48. The molecule has 2 aromatic carbocycles.